The zero-order chi connectivity index (χ0) is 25.3. The number of ether oxygens (including phenoxy) is 1. The van der Waals surface area contributed by atoms with Crippen molar-refractivity contribution >= 4 is 64.7 Å². The maximum atomic E-state index is 13.3. The third-order valence-electron chi connectivity index (χ3n) is 5.68. The number of nitrogens with one attached hydrogen (secondary N) is 1. The predicted octanol–water partition coefficient (Wildman–Crippen LogP) is 6.76. The first-order valence-electron chi connectivity index (χ1n) is 10.9. The van der Waals surface area contributed by atoms with Crippen LogP contribution in [0.1, 0.15) is 27.7 Å². The molecule has 0 bridgehead atoms. The maximum absolute atomic E-state index is 13.3. The van der Waals surface area contributed by atoms with Crippen LogP contribution in [0.5, 0.6) is 5.75 Å². The van der Waals surface area contributed by atoms with Gasteiger partial charge in [-0.25, -0.2) is 8.42 Å². The van der Waals surface area contributed by atoms with Crippen molar-refractivity contribution in [1.29, 1.82) is 0 Å². The van der Waals surface area contributed by atoms with Gasteiger partial charge < -0.3 is 10.1 Å². The molecule has 6 nitrogen and oxygen atoms in total. The van der Waals surface area contributed by atoms with Crippen LogP contribution in [-0.2, 0) is 10.0 Å². The second kappa shape index (κ2) is 10.0. The normalized spacial score (nSPS) is 11.5. The molecule has 0 spiro atoms. The lowest BCUT2D eigenvalue weighted by Crippen LogP contribution is -2.30. The van der Waals surface area contributed by atoms with Gasteiger partial charge in [-0.2, -0.15) is 0 Å². The molecule has 4 rings (SSSR count). The van der Waals surface area contributed by atoms with Gasteiger partial charge >= 0.3 is 0 Å². The molecule has 0 saturated carbocycles. The monoisotopic (exact) mass is 572 g/mol. The zero-order valence-electron chi connectivity index (χ0n) is 19.8. The van der Waals surface area contributed by atoms with Crippen LogP contribution in [0.25, 0.3) is 10.1 Å². The molecule has 0 aliphatic carbocycles. The van der Waals surface area contributed by atoms with E-state index in [0.717, 1.165) is 31.4 Å². The second-order valence-electron chi connectivity index (χ2n) is 8.05. The van der Waals surface area contributed by atoms with Gasteiger partial charge in [-0.3, -0.25) is 9.10 Å². The Morgan fingerprint density at radius 2 is 1.69 bits per heavy atom. The lowest BCUT2D eigenvalue weighted by atomic mass is 10.1. The van der Waals surface area contributed by atoms with Gasteiger partial charge in [0.1, 0.15) is 5.75 Å². The minimum atomic E-state index is -3.76. The van der Waals surface area contributed by atoms with Crippen molar-refractivity contribution in [2.75, 3.05) is 23.3 Å². The van der Waals surface area contributed by atoms with Gasteiger partial charge in [0.05, 0.1) is 22.6 Å². The molecular weight excluding hydrogens is 548 g/mol. The van der Waals surface area contributed by atoms with Gasteiger partial charge in [0.15, 0.2) is 0 Å². The highest BCUT2D eigenvalue weighted by atomic mass is 79.9. The second-order valence-corrected chi connectivity index (χ2v) is 11.9. The molecule has 1 amide bonds. The topological polar surface area (TPSA) is 75.7 Å². The summed E-state index contributed by atoms with van der Waals surface area (Å²) in [5.74, 6) is 0.394. The number of thiophene rings is 1. The lowest BCUT2D eigenvalue weighted by Gasteiger charge is -2.23. The van der Waals surface area contributed by atoms with Gasteiger partial charge in [-0.05, 0) is 97.9 Å². The fraction of sp³-hybridized carbons (Fsp3) is 0.192. The number of fused-ring (bicyclic) bond motifs is 1. The van der Waals surface area contributed by atoms with Crippen molar-refractivity contribution in [2.45, 2.75) is 25.7 Å². The van der Waals surface area contributed by atoms with Crippen LogP contribution >= 0.6 is 27.3 Å². The highest BCUT2D eigenvalue weighted by molar-refractivity contribution is 9.10. The summed E-state index contributed by atoms with van der Waals surface area (Å²) in [4.78, 5) is 13.8. The summed E-state index contributed by atoms with van der Waals surface area (Å²) in [6, 6.07) is 17.5. The minimum Gasteiger partial charge on any atom is -0.497 e. The first-order valence-corrected chi connectivity index (χ1v) is 14.0. The van der Waals surface area contributed by atoms with Crippen LogP contribution in [-0.4, -0.2) is 28.0 Å². The Hall–Kier alpha value is -2.88. The Kier molecular flexibility index (Phi) is 7.21. The van der Waals surface area contributed by atoms with E-state index in [2.05, 4.69) is 21.2 Å². The number of hydrogen-bond donors (Lipinski definition) is 1. The van der Waals surface area contributed by atoms with E-state index in [-0.39, 0.29) is 17.3 Å². The van der Waals surface area contributed by atoms with Crippen LogP contribution in [0, 0.1) is 13.8 Å². The predicted molar refractivity (Wildman–Crippen MR) is 147 cm³/mol. The number of rotatable bonds is 7. The number of anilines is 2. The molecule has 1 heterocycles. The van der Waals surface area contributed by atoms with Crippen LogP contribution < -0.4 is 14.4 Å². The van der Waals surface area contributed by atoms with Gasteiger partial charge in [-0.15, -0.1) is 11.3 Å². The average molecular weight is 574 g/mol. The molecule has 0 radical (unpaired) electrons. The summed E-state index contributed by atoms with van der Waals surface area (Å²) in [5.41, 5.74) is 3.27. The Labute approximate surface area is 217 Å². The molecule has 9 heteroatoms. The van der Waals surface area contributed by atoms with E-state index in [1.807, 2.05) is 38.1 Å². The Balaban J connectivity index is 1.64. The highest BCUT2D eigenvalue weighted by Crippen LogP contribution is 2.33. The number of aryl methyl sites for hydroxylation is 2. The summed E-state index contributed by atoms with van der Waals surface area (Å²) in [7, 11) is -2.23. The Morgan fingerprint density at radius 3 is 2.29 bits per heavy atom. The smallest absolute Gasteiger partial charge is 0.265 e. The van der Waals surface area contributed by atoms with Gasteiger partial charge in [0.25, 0.3) is 15.9 Å². The van der Waals surface area contributed by atoms with Crippen LogP contribution in [0.4, 0.5) is 11.4 Å². The lowest BCUT2D eigenvalue weighted by molar-refractivity contribution is 0.103. The number of carbonyl (C=O) groups is 1. The number of nitrogens with zero attached hydrogens (tertiary/aromatic N) is 1. The SMILES string of the molecule is CCN(c1ccc2sc(C(=O)Nc3c(C)cc(Br)cc3C)cc2c1)S(=O)(=O)c1ccc(OC)cc1. The number of amides is 1. The molecule has 0 atom stereocenters. The number of sulfonamides is 1. The third kappa shape index (κ3) is 5.07. The molecule has 0 fully saturated rings. The molecule has 0 unspecified atom stereocenters. The first kappa shape index (κ1) is 25.2. The van der Waals surface area contributed by atoms with Crippen molar-refractivity contribution in [3.8, 4) is 5.75 Å². The molecule has 35 heavy (non-hydrogen) atoms. The Bertz CT molecular complexity index is 1490. The van der Waals surface area contributed by atoms with Gasteiger partial charge in [0.2, 0.25) is 0 Å². The molecule has 1 aromatic heterocycles. The molecule has 3 aromatic carbocycles. The van der Waals surface area contributed by atoms with E-state index in [1.54, 1.807) is 31.2 Å². The quantitative estimate of drug-likeness (QED) is 0.265. The van der Waals surface area contributed by atoms with Crippen LogP contribution in [0.15, 0.2) is 70.0 Å². The number of hydrogen-bond acceptors (Lipinski definition) is 5. The van der Waals surface area contributed by atoms with Crippen LogP contribution in [0.2, 0.25) is 0 Å². The number of benzene rings is 3. The van der Waals surface area contributed by atoms with E-state index in [9.17, 15) is 13.2 Å². The minimum absolute atomic E-state index is 0.186. The largest absolute Gasteiger partial charge is 0.497 e. The van der Waals surface area contributed by atoms with Gasteiger partial charge in [0, 0.05) is 21.4 Å². The highest BCUT2D eigenvalue weighted by Gasteiger charge is 2.24. The summed E-state index contributed by atoms with van der Waals surface area (Å²) >= 11 is 4.85. The zero-order valence-corrected chi connectivity index (χ0v) is 23.0. The summed E-state index contributed by atoms with van der Waals surface area (Å²) in [6.07, 6.45) is 0. The molecule has 182 valence electrons. The third-order valence-corrected chi connectivity index (χ3v) is 9.17. The van der Waals surface area contributed by atoms with E-state index >= 15 is 0 Å². The van der Waals surface area contributed by atoms with E-state index < -0.39 is 10.0 Å². The van der Waals surface area contributed by atoms with Crippen molar-refractivity contribution in [3.63, 3.8) is 0 Å². The number of methoxy groups -OCH3 is 1. The molecule has 4 aromatic rings. The molecule has 0 aliphatic heterocycles. The maximum Gasteiger partial charge on any atom is 0.265 e. The standard InChI is InChI=1S/C26H25BrN2O4S2/c1-5-29(35(31,32)22-9-7-21(33-4)8-10-22)20-6-11-23-18(14-20)15-24(34-23)26(30)28-25-16(2)12-19(27)13-17(25)3/h6-15H,5H2,1-4H3,(H,28,30). The number of halogens is 1. The van der Waals surface area contributed by atoms with Crippen molar-refractivity contribution in [3.05, 3.63) is 81.1 Å². The molecule has 0 aliphatic rings. The van der Waals surface area contributed by atoms with E-state index in [1.165, 1.54) is 34.9 Å². The van der Waals surface area contributed by atoms with Gasteiger partial charge in [-0.1, -0.05) is 15.9 Å². The van der Waals surface area contributed by atoms with Crippen molar-refractivity contribution in [1.82, 2.24) is 0 Å². The van der Waals surface area contributed by atoms with Crippen LogP contribution in [0.3, 0.4) is 0 Å². The van der Waals surface area contributed by atoms with E-state index in [0.29, 0.717) is 16.3 Å². The molecule has 1 N–H and O–H groups in total. The molecular formula is C26H25BrN2O4S2. The fourth-order valence-electron chi connectivity index (χ4n) is 3.95. The number of carbonyl (C=O) groups excluding carboxylic acids is 1. The average Bonchev–Trinajstić information content (AvgIpc) is 3.25. The fourth-order valence-corrected chi connectivity index (χ4v) is 7.04. The van der Waals surface area contributed by atoms with Crippen molar-refractivity contribution < 1.29 is 17.9 Å². The summed E-state index contributed by atoms with van der Waals surface area (Å²) in [5, 5.41) is 3.83. The summed E-state index contributed by atoms with van der Waals surface area (Å²) in [6.45, 7) is 5.96. The first-order chi connectivity index (χ1) is 16.6. The Morgan fingerprint density at radius 1 is 1.03 bits per heavy atom. The summed E-state index contributed by atoms with van der Waals surface area (Å²) < 4.78 is 35.0. The van der Waals surface area contributed by atoms with Crippen molar-refractivity contribution in [2.24, 2.45) is 0 Å². The molecule has 0 saturated heterocycles. The van der Waals surface area contributed by atoms with E-state index in [4.69, 9.17) is 4.74 Å².